The van der Waals surface area contributed by atoms with E-state index in [1.807, 2.05) is 4.57 Å². The smallest absolute Gasteiger partial charge is 0.169 e. The number of hydrogen-bond acceptors (Lipinski definition) is 6. The molecule has 30 heavy (non-hydrogen) atoms. The molecule has 9 heteroatoms. The van der Waals surface area contributed by atoms with E-state index >= 15 is 0 Å². The van der Waals surface area contributed by atoms with Gasteiger partial charge in [-0.05, 0) is 25.3 Å². The van der Waals surface area contributed by atoms with Crippen molar-refractivity contribution in [2.45, 2.75) is 64.0 Å². The van der Waals surface area contributed by atoms with E-state index in [4.69, 9.17) is 20.9 Å². The number of carbonyl (C=O) groups excluding carboxylic acids is 1. The Kier molecular flexibility index (Phi) is 4.83. The zero-order valence-electron chi connectivity index (χ0n) is 17.5. The van der Waals surface area contributed by atoms with Gasteiger partial charge in [-0.15, -0.1) is 0 Å². The fraction of sp³-hybridized carbons (Fsp3) is 0.524. The van der Waals surface area contributed by atoms with Gasteiger partial charge in [0.2, 0.25) is 0 Å². The second-order valence-corrected chi connectivity index (χ2v) is 15.4. The zero-order valence-corrected chi connectivity index (χ0v) is 19.3. The van der Waals surface area contributed by atoms with Crippen LogP contribution in [0.2, 0.25) is 30.8 Å². The van der Waals surface area contributed by atoms with Crippen LogP contribution in [0.4, 0.5) is 0 Å². The van der Waals surface area contributed by atoms with E-state index in [1.54, 1.807) is 0 Å². The molecule has 2 aliphatic carbocycles. The van der Waals surface area contributed by atoms with Crippen LogP contribution in [0.3, 0.4) is 0 Å². The lowest BCUT2D eigenvalue weighted by atomic mass is 10.0. The lowest BCUT2D eigenvalue weighted by Crippen LogP contribution is -2.22. The number of carbonyl (C=O) groups is 1. The highest BCUT2D eigenvalue weighted by Crippen LogP contribution is 2.48. The summed E-state index contributed by atoms with van der Waals surface area (Å²) in [5.74, 6) is 1.11. The van der Waals surface area contributed by atoms with Crippen LogP contribution < -0.4 is 0 Å². The van der Waals surface area contributed by atoms with Crippen LogP contribution in [0.5, 0.6) is 0 Å². The maximum Gasteiger partial charge on any atom is 0.169 e. The normalized spacial score (nSPS) is 16.6. The van der Waals surface area contributed by atoms with Crippen LogP contribution in [-0.4, -0.2) is 40.2 Å². The molecular weight excluding hydrogens is 420 g/mol. The number of ether oxygens (including phenoxy) is 1. The van der Waals surface area contributed by atoms with Crippen molar-refractivity contribution in [1.82, 2.24) is 19.7 Å². The summed E-state index contributed by atoms with van der Waals surface area (Å²) < 4.78 is 13.7. The molecule has 3 heterocycles. The van der Waals surface area contributed by atoms with E-state index in [9.17, 15) is 4.79 Å². The van der Waals surface area contributed by atoms with E-state index in [0.717, 1.165) is 41.3 Å². The molecule has 7 nitrogen and oxygen atoms in total. The molecule has 0 atom stereocenters. The number of aromatic nitrogens is 4. The number of ketones is 1. The average Bonchev–Trinajstić information content (AvgIpc) is 3.38. The summed E-state index contributed by atoms with van der Waals surface area (Å²) >= 11 is 6.52. The molecule has 158 valence electrons. The van der Waals surface area contributed by atoms with E-state index in [0.29, 0.717) is 54.2 Å². The topological polar surface area (TPSA) is 83.0 Å². The predicted molar refractivity (Wildman–Crippen MR) is 117 cm³/mol. The monoisotopic (exact) mass is 444 g/mol. The van der Waals surface area contributed by atoms with Crippen molar-refractivity contribution < 1.29 is 14.1 Å². The minimum atomic E-state index is -1.19. The van der Waals surface area contributed by atoms with Crippen LogP contribution in [-0.2, 0) is 17.9 Å². The molecule has 0 bridgehead atoms. The molecule has 5 rings (SSSR count). The molecule has 0 amide bonds. The van der Waals surface area contributed by atoms with Gasteiger partial charge in [-0.2, -0.15) is 0 Å². The molecular formula is C21H25ClN4O3Si. The maximum absolute atomic E-state index is 13.0. The maximum atomic E-state index is 13.0. The molecule has 3 aromatic rings. The lowest BCUT2D eigenvalue weighted by molar-refractivity contribution is 0.0875. The van der Waals surface area contributed by atoms with Crippen molar-refractivity contribution in [3.63, 3.8) is 0 Å². The van der Waals surface area contributed by atoms with Crippen molar-refractivity contribution in [1.29, 1.82) is 0 Å². The Balaban J connectivity index is 1.62. The summed E-state index contributed by atoms with van der Waals surface area (Å²) in [7, 11) is -1.19. The van der Waals surface area contributed by atoms with Gasteiger partial charge in [0, 0.05) is 38.3 Å². The molecule has 0 aliphatic heterocycles. The molecule has 2 aliphatic rings. The Morgan fingerprint density at radius 1 is 1.23 bits per heavy atom. The number of hydrogen-bond donors (Lipinski definition) is 0. The second kappa shape index (κ2) is 7.28. The van der Waals surface area contributed by atoms with Crippen molar-refractivity contribution in [3.05, 3.63) is 28.5 Å². The molecule has 0 radical (unpaired) electrons. The zero-order chi connectivity index (χ0) is 21.0. The first-order valence-electron chi connectivity index (χ1n) is 10.5. The van der Waals surface area contributed by atoms with Gasteiger partial charge in [-0.25, -0.2) is 9.97 Å². The first-order valence-corrected chi connectivity index (χ1v) is 14.6. The fourth-order valence-corrected chi connectivity index (χ4v) is 5.07. The SMILES string of the molecule is C[Si](C)(C)CCOCn1c2c(c3c(Cl)ncnc31)-c1noc(C3CC3)c1C(=O)CC2. The average molecular weight is 445 g/mol. The van der Waals surface area contributed by atoms with Crippen LogP contribution in [0.15, 0.2) is 10.9 Å². The van der Waals surface area contributed by atoms with E-state index in [2.05, 4.69) is 34.8 Å². The van der Waals surface area contributed by atoms with E-state index in [1.165, 1.54) is 6.33 Å². The Morgan fingerprint density at radius 3 is 2.77 bits per heavy atom. The Morgan fingerprint density at radius 2 is 2.03 bits per heavy atom. The first-order chi connectivity index (χ1) is 14.3. The third kappa shape index (κ3) is 3.40. The summed E-state index contributed by atoms with van der Waals surface area (Å²) in [5.41, 5.74) is 3.69. The third-order valence-corrected chi connectivity index (χ3v) is 7.88. The molecule has 0 N–H and O–H groups in total. The molecule has 0 unspecified atom stereocenters. The van der Waals surface area contributed by atoms with Crippen molar-refractivity contribution in [3.8, 4) is 11.3 Å². The predicted octanol–water partition coefficient (Wildman–Crippen LogP) is 5.06. The summed E-state index contributed by atoms with van der Waals surface area (Å²) in [4.78, 5) is 21.7. The van der Waals surface area contributed by atoms with Crippen LogP contribution in [0.1, 0.15) is 47.0 Å². The van der Waals surface area contributed by atoms with Gasteiger partial charge < -0.3 is 13.8 Å². The Bertz CT molecular complexity index is 1140. The summed E-state index contributed by atoms with van der Waals surface area (Å²) in [5, 5.41) is 5.42. The Labute approximate surface area is 180 Å². The van der Waals surface area contributed by atoms with Gasteiger partial charge in [-0.3, -0.25) is 4.79 Å². The number of Topliss-reactive ketones (excluding diaryl/α,β-unsaturated/α-hetero) is 1. The molecule has 0 spiro atoms. The molecule has 3 aromatic heterocycles. The van der Waals surface area contributed by atoms with Crippen LogP contribution >= 0.6 is 11.6 Å². The number of nitrogens with zero attached hydrogens (tertiary/aromatic N) is 4. The van der Waals surface area contributed by atoms with Crippen molar-refractivity contribution >= 4 is 36.5 Å². The van der Waals surface area contributed by atoms with Gasteiger partial charge in [0.05, 0.1) is 10.9 Å². The highest BCUT2D eigenvalue weighted by atomic mass is 35.5. The molecule has 1 fully saturated rings. The lowest BCUT2D eigenvalue weighted by Gasteiger charge is -2.16. The highest BCUT2D eigenvalue weighted by molar-refractivity contribution is 6.76. The number of halogens is 1. The largest absolute Gasteiger partial charge is 0.361 e. The van der Waals surface area contributed by atoms with Gasteiger partial charge in [0.1, 0.15) is 29.6 Å². The molecule has 0 saturated heterocycles. The number of rotatable bonds is 6. The van der Waals surface area contributed by atoms with Crippen LogP contribution in [0.25, 0.3) is 22.3 Å². The molecule has 1 saturated carbocycles. The minimum absolute atomic E-state index is 0.0803. The van der Waals surface area contributed by atoms with E-state index < -0.39 is 8.07 Å². The van der Waals surface area contributed by atoms with Gasteiger partial charge in [0.25, 0.3) is 0 Å². The highest BCUT2D eigenvalue weighted by Gasteiger charge is 2.39. The standard InChI is InChI=1S/C21H25ClN4O3Si/c1-30(2,3)9-8-28-11-26-13-6-7-14(27)16-18(25-29-19(16)12-4-5-12)15(13)17-20(22)23-10-24-21(17)26/h10,12H,4-9,11H2,1-3H3. The van der Waals surface area contributed by atoms with Crippen molar-refractivity contribution in [2.75, 3.05) is 6.61 Å². The van der Waals surface area contributed by atoms with Gasteiger partial charge in [0.15, 0.2) is 11.5 Å². The number of fused-ring (bicyclic) bond motifs is 5. The van der Waals surface area contributed by atoms with Gasteiger partial charge >= 0.3 is 0 Å². The summed E-state index contributed by atoms with van der Waals surface area (Å²) in [6, 6.07) is 1.08. The first kappa shape index (κ1) is 19.9. The Hall–Kier alpha value is -2.03. The minimum Gasteiger partial charge on any atom is -0.361 e. The molecule has 0 aromatic carbocycles. The summed E-state index contributed by atoms with van der Waals surface area (Å²) in [6.07, 6.45) is 4.53. The summed E-state index contributed by atoms with van der Waals surface area (Å²) in [6.45, 7) is 8.05. The van der Waals surface area contributed by atoms with Crippen LogP contribution in [0, 0.1) is 0 Å². The quantitative estimate of drug-likeness (QED) is 0.300. The second-order valence-electron chi connectivity index (χ2n) is 9.43. The fourth-order valence-electron chi connectivity index (χ4n) is 4.09. The third-order valence-electron chi connectivity index (χ3n) is 5.89. The van der Waals surface area contributed by atoms with Gasteiger partial charge in [-0.1, -0.05) is 36.4 Å². The van der Waals surface area contributed by atoms with Crippen molar-refractivity contribution in [2.24, 2.45) is 0 Å². The van der Waals surface area contributed by atoms with E-state index in [-0.39, 0.29) is 5.78 Å².